The molecule has 0 amide bonds. The molecular formula is C24H27ClN2O. The first kappa shape index (κ1) is 20.3. The fourth-order valence-corrected chi connectivity index (χ4v) is 3.49. The van der Waals surface area contributed by atoms with Gasteiger partial charge in [0.05, 0.1) is 11.0 Å². The van der Waals surface area contributed by atoms with Gasteiger partial charge in [0.25, 0.3) is 0 Å². The summed E-state index contributed by atoms with van der Waals surface area (Å²) in [4.78, 5) is 17.5. The monoisotopic (exact) mass is 394 g/mol. The number of carbonyl (C=O) groups is 1. The molecule has 0 spiro atoms. The Morgan fingerprint density at radius 1 is 1.00 bits per heavy atom. The molecule has 0 saturated carbocycles. The molecule has 1 heterocycles. The van der Waals surface area contributed by atoms with E-state index in [0.717, 1.165) is 29.6 Å². The first-order chi connectivity index (χ1) is 13.7. The molecular weight excluding hydrogens is 368 g/mol. The Hall–Kier alpha value is -2.39. The van der Waals surface area contributed by atoms with Crippen LogP contribution in [0.1, 0.15) is 61.6 Å². The van der Waals surface area contributed by atoms with E-state index in [1.54, 1.807) is 6.08 Å². The van der Waals surface area contributed by atoms with Crippen molar-refractivity contribution in [1.82, 2.24) is 9.55 Å². The van der Waals surface area contributed by atoms with Gasteiger partial charge in [-0.3, -0.25) is 4.79 Å². The Balaban J connectivity index is 1.75. The molecule has 0 aliphatic rings. The molecule has 0 aliphatic heterocycles. The Kier molecular flexibility index (Phi) is 7.44. The molecule has 3 aromatic rings. The zero-order chi connectivity index (χ0) is 19.8. The molecule has 28 heavy (non-hydrogen) atoms. The van der Waals surface area contributed by atoms with Crippen molar-refractivity contribution < 1.29 is 4.79 Å². The first-order valence-electron chi connectivity index (χ1n) is 10.1. The van der Waals surface area contributed by atoms with E-state index in [1.807, 2.05) is 54.6 Å². The number of hydrogen-bond donors (Lipinski definition) is 0. The molecule has 0 saturated heterocycles. The summed E-state index contributed by atoms with van der Waals surface area (Å²) in [6.07, 6.45) is 10.7. The number of imidazole rings is 1. The van der Waals surface area contributed by atoms with Crippen molar-refractivity contribution in [2.75, 3.05) is 0 Å². The zero-order valence-corrected chi connectivity index (χ0v) is 17.2. The summed E-state index contributed by atoms with van der Waals surface area (Å²) in [6.45, 7) is 3.05. The number of allylic oxidation sites excluding steroid dienone is 1. The lowest BCUT2D eigenvalue weighted by atomic mass is 10.1. The first-order valence-corrected chi connectivity index (χ1v) is 10.5. The van der Waals surface area contributed by atoms with Gasteiger partial charge >= 0.3 is 0 Å². The van der Waals surface area contributed by atoms with Crippen molar-refractivity contribution in [2.45, 2.75) is 52.0 Å². The Bertz CT molecular complexity index is 941. The van der Waals surface area contributed by atoms with Crippen LogP contribution in [0.5, 0.6) is 0 Å². The minimum absolute atomic E-state index is 0.0721. The average molecular weight is 395 g/mol. The van der Waals surface area contributed by atoms with E-state index in [0.29, 0.717) is 10.8 Å². The van der Waals surface area contributed by atoms with E-state index in [4.69, 9.17) is 11.6 Å². The van der Waals surface area contributed by atoms with Crippen LogP contribution < -0.4 is 0 Å². The molecule has 146 valence electrons. The van der Waals surface area contributed by atoms with Crippen molar-refractivity contribution in [2.24, 2.45) is 0 Å². The van der Waals surface area contributed by atoms with Gasteiger partial charge in [0.15, 0.2) is 5.82 Å². The molecule has 3 nitrogen and oxygen atoms in total. The highest BCUT2D eigenvalue weighted by molar-refractivity contribution is 6.30. The minimum Gasteiger partial charge on any atom is -0.321 e. The van der Waals surface area contributed by atoms with Crippen molar-refractivity contribution in [3.05, 3.63) is 71.0 Å². The van der Waals surface area contributed by atoms with Crippen LogP contribution in [0.15, 0.2) is 54.6 Å². The molecule has 2 aromatic carbocycles. The van der Waals surface area contributed by atoms with Crippen LogP contribution in [0.25, 0.3) is 17.1 Å². The van der Waals surface area contributed by atoms with Gasteiger partial charge in [-0.2, -0.15) is 0 Å². The summed E-state index contributed by atoms with van der Waals surface area (Å²) in [5.41, 5.74) is 2.84. The van der Waals surface area contributed by atoms with Gasteiger partial charge in [0.2, 0.25) is 5.78 Å². The normalized spacial score (nSPS) is 11.5. The minimum atomic E-state index is -0.0721. The highest BCUT2D eigenvalue weighted by atomic mass is 35.5. The number of nitrogens with zero attached hydrogens (tertiary/aromatic N) is 2. The van der Waals surface area contributed by atoms with E-state index in [1.165, 1.54) is 32.1 Å². The fraction of sp³-hybridized carbons (Fsp3) is 0.333. The molecule has 0 fully saturated rings. The standard InChI is InChI=1S/C24H27ClN2O/c1-2-3-4-5-6-9-18-27-22-11-8-7-10-21(22)26-24(27)23(28)17-14-19-12-15-20(25)16-13-19/h7-8,10-17H,2-6,9,18H2,1H3/b17-14+. The Morgan fingerprint density at radius 3 is 2.50 bits per heavy atom. The zero-order valence-electron chi connectivity index (χ0n) is 16.4. The number of hydrogen-bond acceptors (Lipinski definition) is 2. The number of benzene rings is 2. The quantitative estimate of drug-likeness (QED) is 0.212. The average Bonchev–Trinajstić information content (AvgIpc) is 3.09. The largest absolute Gasteiger partial charge is 0.321 e. The summed E-state index contributed by atoms with van der Waals surface area (Å²) in [5, 5.41) is 0.684. The van der Waals surface area contributed by atoms with E-state index in [9.17, 15) is 4.79 Å². The van der Waals surface area contributed by atoms with E-state index in [-0.39, 0.29) is 5.78 Å². The van der Waals surface area contributed by atoms with Crippen LogP contribution >= 0.6 is 11.6 Å². The lowest BCUT2D eigenvalue weighted by Crippen LogP contribution is -2.09. The summed E-state index contributed by atoms with van der Waals surface area (Å²) in [5.74, 6) is 0.442. The molecule has 0 unspecified atom stereocenters. The molecule has 0 radical (unpaired) electrons. The van der Waals surface area contributed by atoms with E-state index in [2.05, 4.69) is 16.5 Å². The predicted octanol–water partition coefficient (Wildman–Crippen LogP) is 6.95. The second kappa shape index (κ2) is 10.2. The summed E-state index contributed by atoms with van der Waals surface area (Å²) in [6, 6.07) is 15.4. The second-order valence-electron chi connectivity index (χ2n) is 7.09. The third-order valence-corrected chi connectivity index (χ3v) is 5.16. The van der Waals surface area contributed by atoms with E-state index >= 15 is 0 Å². The number of fused-ring (bicyclic) bond motifs is 1. The van der Waals surface area contributed by atoms with Gasteiger partial charge in [0.1, 0.15) is 0 Å². The van der Waals surface area contributed by atoms with Crippen molar-refractivity contribution in [1.29, 1.82) is 0 Å². The molecule has 0 atom stereocenters. The van der Waals surface area contributed by atoms with Gasteiger partial charge in [-0.1, -0.05) is 81.0 Å². The predicted molar refractivity (Wildman–Crippen MR) is 118 cm³/mol. The molecule has 0 bridgehead atoms. The fourth-order valence-electron chi connectivity index (χ4n) is 3.36. The number of rotatable bonds is 10. The van der Waals surface area contributed by atoms with Crippen molar-refractivity contribution >= 4 is 34.5 Å². The summed E-state index contributed by atoms with van der Waals surface area (Å²) in [7, 11) is 0. The number of para-hydroxylation sites is 2. The van der Waals surface area contributed by atoms with Crippen LogP contribution in [-0.4, -0.2) is 15.3 Å². The van der Waals surface area contributed by atoms with Gasteiger partial charge in [-0.15, -0.1) is 0 Å². The van der Waals surface area contributed by atoms with Gasteiger partial charge in [0, 0.05) is 11.6 Å². The molecule has 3 rings (SSSR count). The lowest BCUT2D eigenvalue weighted by Gasteiger charge is -2.07. The number of unbranched alkanes of at least 4 members (excludes halogenated alkanes) is 5. The number of aryl methyl sites for hydroxylation is 1. The topological polar surface area (TPSA) is 34.9 Å². The highest BCUT2D eigenvalue weighted by Crippen LogP contribution is 2.19. The number of aromatic nitrogens is 2. The molecule has 1 aromatic heterocycles. The summed E-state index contributed by atoms with van der Waals surface area (Å²) < 4.78 is 2.07. The highest BCUT2D eigenvalue weighted by Gasteiger charge is 2.15. The SMILES string of the molecule is CCCCCCCCn1c(C(=O)/C=C/c2ccc(Cl)cc2)nc2ccccc21. The molecule has 0 aliphatic carbocycles. The smallest absolute Gasteiger partial charge is 0.221 e. The van der Waals surface area contributed by atoms with Crippen LogP contribution in [-0.2, 0) is 6.54 Å². The second-order valence-corrected chi connectivity index (χ2v) is 7.53. The maximum Gasteiger partial charge on any atom is 0.221 e. The molecule has 0 N–H and O–H groups in total. The molecule has 4 heteroatoms. The Morgan fingerprint density at radius 2 is 1.71 bits per heavy atom. The van der Waals surface area contributed by atoms with Crippen LogP contribution in [0.3, 0.4) is 0 Å². The maximum absolute atomic E-state index is 12.9. The van der Waals surface area contributed by atoms with Crippen LogP contribution in [0, 0.1) is 0 Å². The maximum atomic E-state index is 12.9. The van der Waals surface area contributed by atoms with Gasteiger partial charge in [-0.25, -0.2) is 4.98 Å². The van der Waals surface area contributed by atoms with Crippen molar-refractivity contribution in [3.63, 3.8) is 0 Å². The number of carbonyl (C=O) groups excluding carboxylic acids is 1. The van der Waals surface area contributed by atoms with Gasteiger partial charge in [-0.05, 0) is 42.3 Å². The Labute approximate surface area is 172 Å². The van der Waals surface area contributed by atoms with Crippen LogP contribution in [0.2, 0.25) is 5.02 Å². The number of halogens is 1. The summed E-state index contributed by atoms with van der Waals surface area (Å²) >= 11 is 5.92. The van der Waals surface area contributed by atoms with Crippen LogP contribution in [0.4, 0.5) is 0 Å². The number of ketones is 1. The third-order valence-electron chi connectivity index (χ3n) is 4.91. The lowest BCUT2D eigenvalue weighted by molar-refractivity contribution is 0.103. The van der Waals surface area contributed by atoms with Crippen molar-refractivity contribution in [3.8, 4) is 0 Å². The van der Waals surface area contributed by atoms with Gasteiger partial charge < -0.3 is 4.57 Å². The third kappa shape index (κ3) is 5.32. The van der Waals surface area contributed by atoms with E-state index < -0.39 is 0 Å².